The number of aliphatic hydroxyl groups is 1. The summed E-state index contributed by atoms with van der Waals surface area (Å²) < 4.78 is 26.3. The van der Waals surface area contributed by atoms with Crippen LogP contribution in [0.15, 0.2) is 48.5 Å². The largest absolute Gasteiger partial charge is 0.391 e. The lowest BCUT2D eigenvalue weighted by atomic mass is 9.95. The van der Waals surface area contributed by atoms with Crippen LogP contribution in [0.3, 0.4) is 0 Å². The van der Waals surface area contributed by atoms with E-state index >= 15 is 0 Å². The van der Waals surface area contributed by atoms with Crippen LogP contribution in [0, 0.1) is 11.6 Å². The minimum absolute atomic E-state index is 0.00327. The minimum atomic E-state index is -0.754. The SMILES string of the molecule is CC(c1ccccc1)C(O)CN(C)CC(=O)Nc1cc(F)cc(F)c1. The van der Waals surface area contributed by atoms with Gasteiger partial charge in [0.2, 0.25) is 5.91 Å². The number of benzene rings is 2. The molecular weight excluding hydrogens is 326 g/mol. The molecule has 0 aliphatic carbocycles. The summed E-state index contributed by atoms with van der Waals surface area (Å²) in [6.45, 7) is 2.21. The first-order valence-corrected chi connectivity index (χ1v) is 8.02. The Hall–Kier alpha value is -2.31. The molecule has 6 heteroatoms. The predicted octanol–water partition coefficient (Wildman–Crippen LogP) is 3.00. The number of halogens is 2. The van der Waals surface area contributed by atoms with Gasteiger partial charge in [0.15, 0.2) is 0 Å². The molecular formula is C19H22F2N2O2. The maximum absolute atomic E-state index is 13.1. The minimum Gasteiger partial charge on any atom is -0.391 e. The Balaban J connectivity index is 1.86. The first kappa shape index (κ1) is 19.0. The number of nitrogens with one attached hydrogen (secondary N) is 1. The van der Waals surface area contributed by atoms with Crippen LogP contribution in [0.25, 0.3) is 0 Å². The summed E-state index contributed by atoms with van der Waals surface area (Å²) in [5.74, 6) is -2.00. The summed E-state index contributed by atoms with van der Waals surface area (Å²) in [6.07, 6.45) is -0.646. The van der Waals surface area contributed by atoms with Gasteiger partial charge >= 0.3 is 0 Å². The van der Waals surface area contributed by atoms with Crippen molar-refractivity contribution in [1.29, 1.82) is 0 Å². The van der Waals surface area contributed by atoms with Crippen molar-refractivity contribution in [2.24, 2.45) is 0 Å². The summed E-state index contributed by atoms with van der Waals surface area (Å²) in [4.78, 5) is 13.6. The van der Waals surface area contributed by atoms with Crippen molar-refractivity contribution in [2.45, 2.75) is 18.9 Å². The monoisotopic (exact) mass is 348 g/mol. The van der Waals surface area contributed by atoms with Crippen LogP contribution in [-0.2, 0) is 4.79 Å². The molecule has 0 saturated heterocycles. The average Bonchev–Trinajstić information content (AvgIpc) is 2.53. The van der Waals surface area contributed by atoms with Crippen LogP contribution in [0.4, 0.5) is 14.5 Å². The summed E-state index contributed by atoms with van der Waals surface area (Å²) in [6, 6.07) is 12.5. The van der Waals surface area contributed by atoms with Crippen LogP contribution in [0.2, 0.25) is 0 Å². The molecule has 2 atom stereocenters. The molecule has 2 aromatic rings. The fraction of sp³-hybridized carbons (Fsp3) is 0.316. The molecule has 0 heterocycles. The average molecular weight is 348 g/mol. The van der Waals surface area contributed by atoms with Crippen molar-refractivity contribution < 1.29 is 18.7 Å². The highest BCUT2D eigenvalue weighted by Gasteiger charge is 2.19. The van der Waals surface area contributed by atoms with E-state index in [9.17, 15) is 18.7 Å². The van der Waals surface area contributed by atoms with E-state index in [0.29, 0.717) is 6.54 Å². The van der Waals surface area contributed by atoms with Gasteiger partial charge in [-0.2, -0.15) is 0 Å². The van der Waals surface area contributed by atoms with Crippen molar-refractivity contribution in [3.63, 3.8) is 0 Å². The molecule has 4 nitrogen and oxygen atoms in total. The number of carbonyl (C=O) groups is 1. The molecule has 2 unspecified atom stereocenters. The van der Waals surface area contributed by atoms with E-state index in [0.717, 1.165) is 23.8 Å². The molecule has 0 aliphatic heterocycles. The highest BCUT2D eigenvalue weighted by molar-refractivity contribution is 5.92. The fourth-order valence-corrected chi connectivity index (χ4v) is 2.59. The Bertz CT molecular complexity index is 690. The van der Waals surface area contributed by atoms with Crippen molar-refractivity contribution in [2.75, 3.05) is 25.5 Å². The lowest BCUT2D eigenvalue weighted by Gasteiger charge is -2.24. The van der Waals surface area contributed by atoms with E-state index in [1.165, 1.54) is 0 Å². The lowest BCUT2D eigenvalue weighted by molar-refractivity contribution is -0.117. The van der Waals surface area contributed by atoms with Gasteiger partial charge in [-0.05, 0) is 24.7 Å². The van der Waals surface area contributed by atoms with Gasteiger partial charge in [-0.1, -0.05) is 37.3 Å². The highest BCUT2D eigenvalue weighted by Crippen LogP contribution is 2.19. The van der Waals surface area contributed by atoms with Gasteiger partial charge in [0, 0.05) is 24.2 Å². The summed E-state index contributed by atoms with van der Waals surface area (Å²) in [7, 11) is 1.70. The lowest BCUT2D eigenvalue weighted by Crippen LogP contribution is -2.37. The maximum Gasteiger partial charge on any atom is 0.238 e. The fourth-order valence-electron chi connectivity index (χ4n) is 2.59. The first-order valence-electron chi connectivity index (χ1n) is 8.02. The van der Waals surface area contributed by atoms with Gasteiger partial charge in [-0.3, -0.25) is 9.69 Å². The Kier molecular flexibility index (Phi) is 6.61. The second-order valence-corrected chi connectivity index (χ2v) is 6.17. The van der Waals surface area contributed by atoms with Gasteiger partial charge in [0.25, 0.3) is 0 Å². The van der Waals surface area contributed by atoms with E-state index in [4.69, 9.17) is 0 Å². The topological polar surface area (TPSA) is 52.6 Å². The Labute approximate surface area is 146 Å². The number of carbonyl (C=O) groups excluding carboxylic acids is 1. The van der Waals surface area contributed by atoms with Gasteiger partial charge in [-0.25, -0.2) is 8.78 Å². The van der Waals surface area contributed by atoms with Crippen molar-refractivity contribution in [3.8, 4) is 0 Å². The van der Waals surface area contributed by atoms with Crippen molar-refractivity contribution in [3.05, 3.63) is 65.7 Å². The normalized spacial score (nSPS) is 13.5. The zero-order chi connectivity index (χ0) is 18.4. The third-order valence-corrected chi connectivity index (χ3v) is 3.96. The van der Waals surface area contributed by atoms with Crippen LogP contribution < -0.4 is 5.32 Å². The highest BCUT2D eigenvalue weighted by atomic mass is 19.1. The number of likely N-dealkylation sites (N-methyl/N-ethyl adjacent to an activating group) is 1. The summed E-state index contributed by atoms with van der Waals surface area (Å²) in [5.41, 5.74) is 1.08. The zero-order valence-corrected chi connectivity index (χ0v) is 14.2. The molecule has 0 spiro atoms. The number of nitrogens with zero attached hydrogens (tertiary/aromatic N) is 1. The molecule has 0 radical (unpaired) electrons. The number of hydrogen-bond donors (Lipinski definition) is 2. The van der Waals surface area contributed by atoms with Crippen LogP contribution >= 0.6 is 0 Å². The predicted molar refractivity (Wildman–Crippen MR) is 93.3 cm³/mol. The van der Waals surface area contributed by atoms with Gasteiger partial charge in [0.05, 0.1) is 12.6 Å². The molecule has 2 rings (SSSR count). The van der Waals surface area contributed by atoms with Gasteiger partial charge in [-0.15, -0.1) is 0 Å². The van der Waals surface area contributed by atoms with Crippen LogP contribution in [-0.4, -0.2) is 42.2 Å². The third-order valence-electron chi connectivity index (χ3n) is 3.96. The second kappa shape index (κ2) is 8.69. The van der Waals surface area contributed by atoms with E-state index in [1.807, 2.05) is 37.3 Å². The molecule has 0 fully saturated rings. The third kappa shape index (κ3) is 5.92. The summed E-state index contributed by atoms with van der Waals surface area (Å²) >= 11 is 0. The molecule has 0 aliphatic rings. The molecule has 0 aromatic heterocycles. The molecule has 0 bridgehead atoms. The number of hydrogen-bond acceptors (Lipinski definition) is 3. The van der Waals surface area contributed by atoms with Gasteiger partial charge < -0.3 is 10.4 Å². The second-order valence-electron chi connectivity index (χ2n) is 6.17. The van der Waals surface area contributed by atoms with E-state index in [2.05, 4.69) is 5.32 Å². The van der Waals surface area contributed by atoms with E-state index < -0.39 is 23.6 Å². The molecule has 25 heavy (non-hydrogen) atoms. The number of amides is 1. The van der Waals surface area contributed by atoms with Gasteiger partial charge in [0.1, 0.15) is 11.6 Å². The Morgan fingerprint density at radius 2 is 1.76 bits per heavy atom. The number of rotatable bonds is 7. The summed E-state index contributed by atoms with van der Waals surface area (Å²) in [5, 5.41) is 12.8. The Morgan fingerprint density at radius 1 is 1.16 bits per heavy atom. The maximum atomic E-state index is 13.1. The number of aliphatic hydroxyl groups excluding tert-OH is 1. The molecule has 2 N–H and O–H groups in total. The molecule has 2 aromatic carbocycles. The molecule has 1 amide bonds. The smallest absolute Gasteiger partial charge is 0.238 e. The standard InChI is InChI=1S/C19H22F2N2O2/c1-13(14-6-4-3-5-7-14)18(24)11-23(2)12-19(25)22-17-9-15(20)8-16(21)10-17/h3-10,13,18,24H,11-12H2,1-2H3,(H,22,25). The van der Waals surface area contributed by atoms with Crippen molar-refractivity contribution in [1.82, 2.24) is 4.90 Å². The molecule has 0 saturated carbocycles. The first-order chi connectivity index (χ1) is 11.8. The van der Waals surface area contributed by atoms with Crippen LogP contribution in [0.1, 0.15) is 18.4 Å². The number of anilines is 1. The van der Waals surface area contributed by atoms with E-state index in [1.54, 1.807) is 11.9 Å². The van der Waals surface area contributed by atoms with Crippen LogP contribution in [0.5, 0.6) is 0 Å². The zero-order valence-electron chi connectivity index (χ0n) is 14.2. The van der Waals surface area contributed by atoms with Crippen molar-refractivity contribution >= 4 is 11.6 Å². The van der Waals surface area contributed by atoms with E-state index in [-0.39, 0.29) is 18.2 Å². The quantitative estimate of drug-likeness (QED) is 0.809. The molecule has 134 valence electrons. The Morgan fingerprint density at radius 3 is 2.36 bits per heavy atom.